The van der Waals surface area contributed by atoms with Crippen LogP contribution in [0.25, 0.3) is 10.9 Å². The Kier molecular flexibility index (Phi) is 4.75. The van der Waals surface area contributed by atoms with Crippen molar-refractivity contribution in [2.24, 2.45) is 0 Å². The fourth-order valence-electron chi connectivity index (χ4n) is 3.73. The Morgan fingerprint density at radius 3 is 2.81 bits per heavy atom. The summed E-state index contributed by atoms with van der Waals surface area (Å²) in [5.74, 6) is -0.360. The van der Waals surface area contributed by atoms with Crippen LogP contribution in [0.1, 0.15) is 28.9 Å². The van der Waals surface area contributed by atoms with E-state index in [-0.39, 0.29) is 17.8 Å². The number of nitrogens with one attached hydrogen (secondary N) is 1. The molecule has 0 aliphatic carbocycles. The Bertz CT molecular complexity index is 969. The molecule has 1 saturated heterocycles. The zero-order valence-corrected chi connectivity index (χ0v) is 15.3. The van der Waals surface area contributed by atoms with E-state index in [1.165, 1.54) is 12.1 Å². The van der Waals surface area contributed by atoms with E-state index in [0.29, 0.717) is 28.7 Å². The Hall–Kier alpha value is -2.95. The monoisotopic (exact) mass is 363 g/mol. The number of benzene rings is 2. The number of rotatable bonds is 3. The van der Waals surface area contributed by atoms with Gasteiger partial charge in [0.15, 0.2) is 0 Å². The summed E-state index contributed by atoms with van der Waals surface area (Å²) in [6, 6.07) is 16.5. The highest BCUT2D eigenvalue weighted by Gasteiger charge is 2.26. The van der Waals surface area contributed by atoms with E-state index in [1.807, 2.05) is 42.2 Å². The van der Waals surface area contributed by atoms with E-state index in [1.54, 1.807) is 12.1 Å². The van der Waals surface area contributed by atoms with E-state index in [4.69, 9.17) is 0 Å². The number of aryl methyl sites for hydroxylation is 1. The smallest absolute Gasteiger partial charge is 0.254 e. The number of aromatic nitrogens is 1. The van der Waals surface area contributed by atoms with Crippen LogP contribution in [0.15, 0.2) is 54.6 Å². The maximum atomic E-state index is 13.6. The summed E-state index contributed by atoms with van der Waals surface area (Å²) < 4.78 is 13.6. The third-order valence-corrected chi connectivity index (χ3v) is 4.98. The Morgan fingerprint density at radius 2 is 2.00 bits per heavy atom. The number of para-hydroxylation sites is 1. The van der Waals surface area contributed by atoms with E-state index in [9.17, 15) is 9.18 Å². The third kappa shape index (κ3) is 3.77. The second-order valence-corrected chi connectivity index (χ2v) is 7.07. The van der Waals surface area contributed by atoms with Crippen LogP contribution in [0.4, 0.5) is 10.1 Å². The van der Waals surface area contributed by atoms with Gasteiger partial charge in [-0.25, -0.2) is 4.39 Å². The summed E-state index contributed by atoms with van der Waals surface area (Å²) >= 11 is 0. The van der Waals surface area contributed by atoms with Crippen LogP contribution in [-0.4, -0.2) is 34.9 Å². The molecule has 1 atom stereocenters. The maximum absolute atomic E-state index is 13.6. The van der Waals surface area contributed by atoms with Crippen molar-refractivity contribution in [1.82, 2.24) is 9.88 Å². The molecule has 2 aromatic carbocycles. The summed E-state index contributed by atoms with van der Waals surface area (Å²) in [6.07, 6.45) is 1.98. The number of anilines is 1. The first-order chi connectivity index (χ1) is 13.1. The molecule has 0 bridgehead atoms. The topological polar surface area (TPSA) is 45.2 Å². The zero-order valence-electron chi connectivity index (χ0n) is 15.3. The lowest BCUT2D eigenvalue weighted by Crippen LogP contribution is -2.45. The second-order valence-electron chi connectivity index (χ2n) is 7.07. The van der Waals surface area contributed by atoms with Crippen molar-refractivity contribution in [2.75, 3.05) is 18.4 Å². The molecule has 0 radical (unpaired) electrons. The molecule has 0 saturated carbocycles. The lowest BCUT2D eigenvalue weighted by molar-refractivity contribution is 0.0716. The lowest BCUT2D eigenvalue weighted by Gasteiger charge is -2.34. The molecular weight excluding hydrogens is 341 g/mol. The van der Waals surface area contributed by atoms with Gasteiger partial charge in [-0.15, -0.1) is 0 Å². The number of amides is 1. The fourth-order valence-corrected chi connectivity index (χ4v) is 3.73. The summed E-state index contributed by atoms with van der Waals surface area (Å²) in [6.45, 7) is 3.21. The summed E-state index contributed by atoms with van der Waals surface area (Å²) in [5, 5.41) is 4.22. The van der Waals surface area contributed by atoms with Crippen molar-refractivity contribution in [3.63, 3.8) is 0 Å². The van der Waals surface area contributed by atoms with Gasteiger partial charge in [0, 0.05) is 42.0 Å². The van der Waals surface area contributed by atoms with Crippen LogP contribution in [-0.2, 0) is 0 Å². The highest BCUT2D eigenvalue weighted by atomic mass is 19.1. The summed E-state index contributed by atoms with van der Waals surface area (Å²) in [5.41, 5.74) is 2.90. The van der Waals surface area contributed by atoms with Gasteiger partial charge in [-0.05, 0) is 50.1 Å². The molecule has 1 amide bonds. The maximum Gasteiger partial charge on any atom is 0.254 e. The molecule has 138 valence electrons. The van der Waals surface area contributed by atoms with Gasteiger partial charge in [0.25, 0.3) is 5.91 Å². The molecule has 1 aromatic heterocycles. The first-order valence-electron chi connectivity index (χ1n) is 9.28. The van der Waals surface area contributed by atoms with Gasteiger partial charge in [0.2, 0.25) is 0 Å². The van der Waals surface area contributed by atoms with Gasteiger partial charge < -0.3 is 10.2 Å². The number of carbonyl (C=O) groups excluding carboxylic acids is 1. The normalized spacial score (nSPS) is 17.1. The van der Waals surface area contributed by atoms with Crippen molar-refractivity contribution >= 4 is 22.5 Å². The van der Waals surface area contributed by atoms with E-state index in [2.05, 4.69) is 10.3 Å². The molecule has 4 nitrogen and oxygen atoms in total. The van der Waals surface area contributed by atoms with Crippen molar-refractivity contribution in [1.29, 1.82) is 0 Å². The molecule has 0 unspecified atom stereocenters. The van der Waals surface area contributed by atoms with Crippen molar-refractivity contribution in [2.45, 2.75) is 25.8 Å². The van der Waals surface area contributed by atoms with Crippen LogP contribution < -0.4 is 5.32 Å². The number of hydrogen-bond acceptors (Lipinski definition) is 3. The third-order valence-electron chi connectivity index (χ3n) is 4.98. The van der Waals surface area contributed by atoms with Crippen molar-refractivity contribution in [3.8, 4) is 0 Å². The molecule has 3 aromatic rings. The molecule has 1 aliphatic rings. The molecule has 2 heterocycles. The van der Waals surface area contributed by atoms with Gasteiger partial charge in [-0.1, -0.05) is 18.2 Å². The predicted octanol–water partition coefficient (Wildman–Crippen LogP) is 4.40. The molecule has 4 rings (SSSR count). The minimum Gasteiger partial charge on any atom is -0.381 e. The van der Waals surface area contributed by atoms with Crippen LogP contribution in [0, 0.1) is 12.7 Å². The van der Waals surface area contributed by atoms with Gasteiger partial charge in [0.05, 0.1) is 11.1 Å². The first-order valence-corrected chi connectivity index (χ1v) is 9.28. The average Bonchev–Trinajstić information content (AvgIpc) is 2.67. The van der Waals surface area contributed by atoms with E-state index < -0.39 is 0 Å². The van der Waals surface area contributed by atoms with E-state index >= 15 is 0 Å². The van der Waals surface area contributed by atoms with Crippen LogP contribution in [0.5, 0.6) is 0 Å². The zero-order chi connectivity index (χ0) is 18.8. The Morgan fingerprint density at radius 1 is 1.19 bits per heavy atom. The number of carbonyl (C=O) groups is 1. The molecule has 0 spiro atoms. The Labute approximate surface area is 158 Å². The predicted molar refractivity (Wildman–Crippen MR) is 105 cm³/mol. The lowest BCUT2D eigenvalue weighted by atomic mass is 10.0. The average molecular weight is 363 g/mol. The SMILES string of the molecule is Cc1cc(C(=O)N2CCC[C@H](Nc3ccccc3)C2)c2ccc(F)cc2n1. The van der Waals surface area contributed by atoms with Crippen LogP contribution >= 0.6 is 0 Å². The number of hydrogen-bond donors (Lipinski definition) is 1. The standard InChI is InChI=1S/C22H22FN3O/c1-15-12-20(19-10-9-16(23)13-21(19)24-15)22(27)26-11-5-8-18(14-26)25-17-6-3-2-4-7-17/h2-4,6-7,9-10,12-13,18,25H,5,8,11,14H2,1H3/t18-/m0/s1. The van der Waals surface area contributed by atoms with Gasteiger partial charge in [-0.3, -0.25) is 9.78 Å². The molecular formula is C22H22FN3O. The number of halogens is 1. The molecule has 1 aliphatic heterocycles. The number of piperidine rings is 1. The number of fused-ring (bicyclic) bond motifs is 1. The molecule has 27 heavy (non-hydrogen) atoms. The van der Waals surface area contributed by atoms with E-state index in [0.717, 1.165) is 25.1 Å². The quantitative estimate of drug-likeness (QED) is 0.750. The molecule has 5 heteroatoms. The first kappa shape index (κ1) is 17.5. The number of pyridine rings is 1. The van der Waals surface area contributed by atoms with Crippen molar-refractivity contribution in [3.05, 3.63) is 71.7 Å². The summed E-state index contributed by atoms with van der Waals surface area (Å²) in [7, 11) is 0. The summed E-state index contributed by atoms with van der Waals surface area (Å²) in [4.78, 5) is 19.5. The van der Waals surface area contributed by atoms with Crippen LogP contribution in [0.3, 0.4) is 0 Å². The molecule has 1 fully saturated rings. The minimum atomic E-state index is -0.343. The van der Waals surface area contributed by atoms with Crippen LogP contribution in [0.2, 0.25) is 0 Å². The molecule has 1 N–H and O–H groups in total. The number of nitrogens with zero attached hydrogens (tertiary/aromatic N) is 2. The number of likely N-dealkylation sites (tertiary alicyclic amines) is 1. The fraction of sp³-hybridized carbons (Fsp3) is 0.273. The second kappa shape index (κ2) is 7.35. The largest absolute Gasteiger partial charge is 0.381 e. The highest BCUT2D eigenvalue weighted by Crippen LogP contribution is 2.23. The van der Waals surface area contributed by atoms with Gasteiger partial charge in [0.1, 0.15) is 5.82 Å². The minimum absolute atomic E-state index is 0.0170. The van der Waals surface area contributed by atoms with Crippen molar-refractivity contribution < 1.29 is 9.18 Å². The Balaban J connectivity index is 1.58. The van der Waals surface area contributed by atoms with Gasteiger partial charge >= 0.3 is 0 Å². The highest BCUT2D eigenvalue weighted by molar-refractivity contribution is 6.06. The van der Waals surface area contributed by atoms with Gasteiger partial charge in [-0.2, -0.15) is 0 Å².